The number of nitrogen functional groups attached to an aromatic ring is 1. The van der Waals surface area contributed by atoms with Crippen molar-refractivity contribution in [1.29, 1.82) is 0 Å². The molecule has 0 saturated heterocycles. The number of nitrogens with two attached hydrogens (primary N) is 2. The first-order valence-electron chi connectivity index (χ1n) is 4.21. The summed E-state index contributed by atoms with van der Waals surface area (Å²) in [5.74, 6) is 0.366. The third-order valence-corrected chi connectivity index (χ3v) is 2.93. The van der Waals surface area contributed by atoms with Crippen LogP contribution in [0, 0.1) is 6.92 Å². The molecule has 0 bridgehead atoms. The third-order valence-electron chi connectivity index (χ3n) is 2.12. The predicted octanol–water partition coefficient (Wildman–Crippen LogP) is 0.901. The van der Waals surface area contributed by atoms with Crippen LogP contribution in [0.4, 0.5) is 5.82 Å². The molecule has 5 N–H and O–H groups in total. The lowest BCUT2D eigenvalue weighted by Crippen LogP contribution is -2.38. The second kappa shape index (κ2) is 3.84. The minimum absolute atomic E-state index is 0.172. The van der Waals surface area contributed by atoms with Gasteiger partial charge in [-0.25, -0.2) is 4.98 Å². The van der Waals surface area contributed by atoms with Gasteiger partial charge in [-0.3, -0.25) is 0 Å². The molecule has 1 atom stereocenters. The highest BCUT2D eigenvalue weighted by Gasteiger charge is 2.24. The van der Waals surface area contributed by atoms with Crippen molar-refractivity contribution in [2.75, 3.05) is 12.3 Å². The zero-order valence-corrected chi connectivity index (χ0v) is 9.80. The quantitative estimate of drug-likeness (QED) is 0.737. The zero-order valence-electron chi connectivity index (χ0n) is 8.21. The number of nitrogens with zero attached hydrogens (tertiary/aromatic N) is 1. The summed E-state index contributed by atoms with van der Waals surface area (Å²) in [6.07, 6.45) is 0. The van der Waals surface area contributed by atoms with Gasteiger partial charge in [-0.05, 0) is 35.8 Å². The molecule has 0 amide bonds. The van der Waals surface area contributed by atoms with E-state index in [1.165, 1.54) is 0 Å². The molecule has 5 heteroatoms. The lowest BCUT2D eigenvalue weighted by Gasteiger charge is -2.23. The van der Waals surface area contributed by atoms with Gasteiger partial charge in [-0.1, -0.05) is 0 Å². The van der Waals surface area contributed by atoms with Gasteiger partial charge in [-0.2, -0.15) is 0 Å². The third kappa shape index (κ3) is 2.05. The fourth-order valence-electron chi connectivity index (χ4n) is 1.14. The topological polar surface area (TPSA) is 85.2 Å². The number of hydrogen-bond donors (Lipinski definition) is 3. The van der Waals surface area contributed by atoms with Gasteiger partial charge < -0.3 is 16.6 Å². The Kier molecular flexibility index (Phi) is 3.14. The molecular weight excluding hydrogens is 246 g/mol. The zero-order chi connectivity index (χ0) is 10.9. The van der Waals surface area contributed by atoms with Crippen LogP contribution in [0.3, 0.4) is 0 Å². The number of anilines is 1. The molecule has 0 aromatic carbocycles. The average molecular weight is 260 g/mol. The Morgan fingerprint density at radius 1 is 1.64 bits per heavy atom. The van der Waals surface area contributed by atoms with Crippen molar-refractivity contribution in [1.82, 2.24) is 4.98 Å². The van der Waals surface area contributed by atoms with Crippen LogP contribution >= 0.6 is 15.9 Å². The first kappa shape index (κ1) is 11.4. The number of aromatic nitrogens is 1. The van der Waals surface area contributed by atoms with E-state index in [2.05, 4.69) is 20.9 Å². The van der Waals surface area contributed by atoms with Gasteiger partial charge >= 0.3 is 0 Å². The molecule has 0 aliphatic carbocycles. The molecule has 0 unspecified atom stereocenters. The van der Waals surface area contributed by atoms with E-state index in [-0.39, 0.29) is 6.61 Å². The van der Waals surface area contributed by atoms with E-state index in [1.807, 2.05) is 6.92 Å². The SMILES string of the molecule is Cc1nc(N)c([C@@](C)(N)CO)cc1Br. The largest absolute Gasteiger partial charge is 0.394 e. The van der Waals surface area contributed by atoms with Crippen molar-refractivity contribution in [2.24, 2.45) is 5.73 Å². The second-order valence-electron chi connectivity index (χ2n) is 3.56. The van der Waals surface area contributed by atoms with E-state index >= 15 is 0 Å². The van der Waals surface area contributed by atoms with Crippen LogP contribution in [0.2, 0.25) is 0 Å². The standard InChI is InChI=1S/C9H14BrN3O/c1-5-7(10)3-6(8(11)13-5)9(2,12)4-14/h3,14H,4,12H2,1-2H3,(H2,11,13)/t9-/m0/s1. The first-order chi connectivity index (χ1) is 6.38. The number of halogens is 1. The van der Waals surface area contributed by atoms with Gasteiger partial charge in [0.05, 0.1) is 17.8 Å². The Morgan fingerprint density at radius 3 is 2.71 bits per heavy atom. The van der Waals surface area contributed by atoms with Gasteiger partial charge in [0.25, 0.3) is 0 Å². The van der Waals surface area contributed by atoms with Crippen molar-refractivity contribution >= 4 is 21.7 Å². The highest BCUT2D eigenvalue weighted by molar-refractivity contribution is 9.10. The summed E-state index contributed by atoms with van der Waals surface area (Å²) in [5, 5.41) is 9.11. The average Bonchev–Trinajstić information content (AvgIpc) is 2.11. The van der Waals surface area contributed by atoms with E-state index < -0.39 is 5.54 Å². The normalized spacial score (nSPS) is 15.2. The molecule has 1 rings (SSSR count). The number of aliphatic hydroxyl groups excluding tert-OH is 1. The van der Waals surface area contributed by atoms with Crippen molar-refractivity contribution in [2.45, 2.75) is 19.4 Å². The van der Waals surface area contributed by atoms with Crippen molar-refractivity contribution in [3.63, 3.8) is 0 Å². The summed E-state index contributed by atoms with van der Waals surface area (Å²) >= 11 is 3.35. The van der Waals surface area contributed by atoms with Crippen molar-refractivity contribution in [3.05, 3.63) is 21.8 Å². The van der Waals surface area contributed by atoms with Gasteiger partial charge in [-0.15, -0.1) is 0 Å². The summed E-state index contributed by atoms with van der Waals surface area (Å²) in [7, 11) is 0. The smallest absolute Gasteiger partial charge is 0.128 e. The molecule has 0 spiro atoms. The molecular formula is C9H14BrN3O. The maximum atomic E-state index is 9.11. The van der Waals surface area contributed by atoms with E-state index in [1.54, 1.807) is 13.0 Å². The van der Waals surface area contributed by atoms with Crippen LogP contribution in [-0.2, 0) is 5.54 Å². The summed E-state index contributed by atoms with van der Waals surface area (Å²) in [6.45, 7) is 3.38. The van der Waals surface area contributed by atoms with Crippen LogP contribution in [0.5, 0.6) is 0 Å². The molecule has 0 saturated carbocycles. The highest BCUT2D eigenvalue weighted by atomic mass is 79.9. The van der Waals surface area contributed by atoms with E-state index in [0.29, 0.717) is 11.4 Å². The lowest BCUT2D eigenvalue weighted by molar-refractivity contribution is 0.210. The summed E-state index contributed by atoms with van der Waals surface area (Å²) in [4.78, 5) is 4.13. The highest BCUT2D eigenvalue weighted by Crippen LogP contribution is 2.27. The van der Waals surface area contributed by atoms with Crippen LogP contribution in [0.25, 0.3) is 0 Å². The van der Waals surface area contributed by atoms with Crippen molar-refractivity contribution < 1.29 is 5.11 Å². The lowest BCUT2D eigenvalue weighted by atomic mass is 9.94. The van der Waals surface area contributed by atoms with E-state index in [4.69, 9.17) is 16.6 Å². The van der Waals surface area contributed by atoms with Crippen molar-refractivity contribution in [3.8, 4) is 0 Å². The summed E-state index contributed by atoms with van der Waals surface area (Å²) in [5.41, 5.74) is 12.2. The number of aliphatic hydroxyl groups is 1. The van der Waals surface area contributed by atoms with Crippen LogP contribution < -0.4 is 11.5 Å². The Balaban J connectivity index is 3.29. The predicted molar refractivity (Wildman–Crippen MR) is 59.7 cm³/mol. The maximum absolute atomic E-state index is 9.11. The maximum Gasteiger partial charge on any atom is 0.128 e. The van der Waals surface area contributed by atoms with Crippen LogP contribution in [-0.4, -0.2) is 16.7 Å². The van der Waals surface area contributed by atoms with Gasteiger partial charge in [0, 0.05) is 10.0 Å². The molecule has 0 radical (unpaired) electrons. The fraction of sp³-hybridized carbons (Fsp3) is 0.444. The minimum Gasteiger partial charge on any atom is -0.394 e. The molecule has 0 aliphatic rings. The second-order valence-corrected chi connectivity index (χ2v) is 4.42. The minimum atomic E-state index is -0.854. The number of rotatable bonds is 2. The molecule has 4 nitrogen and oxygen atoms in total. The number of pyridine rings is 1. The molecule has 1 aromatic heterocycles. The van der Waals surface area contributed by atoms with Crippen LogP contribution in [0.15, 0.2) is 10.5 Å². The monoisotopic (exact) mass is 259 g/mol. The molecule has 78 valence electrons. The summed E-state index contributed by atoms with van der Waals surface area (Å²) < 4.78 is 0.840. The Bertz CT molecular complexity index is 352. The van der Waals surface area contributed by atoms with Gasteiger partial charge in [0.15, 0.2) is 0 Å². The molecule has 0 aliphatic heterocycles. The molecule has 14 heavy (non-hydrogen) atoms. The molecule has 1 aromatic rings. The van der Waals surface area contributed by atoms with E-state index in [0.717, 1.165) is 10.2 Å². The number of hydrogen-bond acceptors (Lipinski definition) is 4. The first-order valence-corrected chi connectivity index (χ1v) is 5.00. The Morgan fingerprint density at radius 2 is 2.21 bits per heavy atom. The Hall–Kier alpha value is -0.650. The fourth-order valence-corrected chi connectivity index (χ4v) is 1.46. The van der Waals surface area contributed by atoms with E-state index in [9.17, 15) is 0 Å². The molecule has 1 heterocycles. The summed E-state index contributed by atoms with van der Waals surface area (Å²) in [6, 6.07) is 1.80. The molecule has 0 fully saturated rings. The van der Waals surface area contributed by atoms with Crippen LogP contribution in [0.1, 0.15) is 18.2 Å². The van der Waals surface area contributed by atoms with Gasteiger partial charge in [0.2, 0.25) is 0 Å². The Labute approximate surface area is 91.5 Å². The van der Waals surface area contributed by atoms with Gasteiger partial charge in [0.1, 0.15) is 5.82 Å². The number of aryl methyl sites for hydroxylation is 1.